The number of pyridine rings is 2. The first kappa shape index (κ1) is 13.5. The van der Waals surface area contributed by atoms with E-state index < -0.39 is 11.7 Å². The number of aromatic nitrogens is 2. The Morgan fingerprint density at radius 1 is 1.19 bits per heavy atom. The van der Waals surface area contributed by atoms with Crippen molar-refractivity contribution in [3.8, 4) is 0 Å². The zero-order chi connectivity index (χ0) is 14.8. The van der Waals surface area contributed by atoms with Crippen LogP contribution in [0.4, 0.5) is 10.1 Å². The van der Waals surface area contributed by atoms with Gasteiger partial charge in [-0.05, 0) is 30.3 Å². The highest BCUT2D eigenvalue weighted by Crippen LogP contribution is 2.19. The van der Waals surface area contributed by atoms with Crippen LogP contribution in [0, 0.1) is 5.82 Å². The van der Waals surface area contributed by atoms with Crippen molar-refractivity contribution in [2.75, 3.05) is 5.32 Å². The van der Waals surface area contributed by atoms with Crippen molar-refractivity contribution in [1.29, 1.82) is 0 Å². The van der Waals surface area contributed by atoms with Crippen LogP contribution in [0.5, 0.6) is 0 Å². The lowest BCUT2D eigenvalue weighted by atomic mass is 10.2. The zero-order valence-electron chi connectivity index (χ0n) is 10.7. The number of rotatable bonds is 2. The fourth-order valence-electron chi connectivity index (χ4n) is 1.93. The minimum atomic E-state index is -0.618. The van der Waals surface area contributed by atoms with E-state index >= 15 is 0 Å². The van der Waals surface area contributed by atoms with Crippen LogP contribution in [0.15, 0.2) is 48.8 Å². The zero-order valence-corrected chi connectivity index (χ0v) is 11.4. The Hall–Kier alpha value is -2.53. The molecule has 0 spiro atoms. The highest BCUT2D eigenvalue weighted by atomic mass is 35.5. The summed E-state index contributed by atoms with van der Waals surface area (Å²) in [5.41, 5.74) is 1.38. The molecule has 104 valence electrons. The Morgan fingerprint density at radius 3 is 2.90 bits per heavy atom. The number of anilines is 1. The molecular formula is C15H9ClFN3O. The van der Waals surface area contributed by atoms with Crippen LogP contribution < -0.4 is 5.32 Å². The molecule has 1 N–H and O–H groups in total. The predicted octanol–water partition coefficient (Wildman–Crippen LogP) is 3.67. The molecule has 1 aromatic carbocycles. The highest BCUT2D eigenvalue weighted by Gasteiger charge is 2.13. The molecule has 0 bridgehead atoms. The minimum Gasteiger partial charge on any atom is -0.322 e. The van der Waals surface area contributed by atoms with E-state index in [1.54, 1.807) is 30.5 Å². The minimum absolute atomic E-state index is 0.0112. The van der Waals surface area contributed by atoms with Crippen LogP contribution in [0.25, 0.3) is 10.9 Å². The summed E-state index contributed by atoms with van der Waals surface area (Å²) in [4.78, 5) is 19.9. The Balaban J connectivity index is 1.90. The molecule has 2 heterocycles. The fraction of sp³-hybridized carbons (Fsp3) is 0. The number of hydrogen-bond donors (Lipinski definition) is 1. The quantitative estimate of drug-likeness (QED) is 0.735. The maximum atomic E-state index is 13.1. The van der Waals surface area contributed by atoms with E-state index in [0.29, 0.717) is 5.69 Å². The summed E-state index contributed by atoms with van der Waals surface area (Å²) in [5.74, 6) is -1.14. The van der Waals surface area contributed by atoms with Crippen molar-refractivity contribution in [3.05, 3.63) is 65.3 Å². The summed E-state index contributed by atoms with van der Waals surface area (Å²) in [5, 5.41) is 3.50. The highest BCUT2D eigenvalue weighted by molar-refractivity contribution is 6.33. The molecule has 0 unspecified atom stereocenters. The van der Waals surface area contributed by atoms with Crippen molar-refractivity contribution in [2.24, 2.45) is 0 Å². The molecule has 1 amide bonds. The van der Waals surface area contributed by atoms with Gasteiger partial charge in [-0.15, -0.1) is 0 Å². The van der Waals surface area contributed by atoms with Gasteiger partial charge in [0.05, 0.1) is 17.3 Å². The number of halogens is 2. The molecule has 0 aliphatic carbocycles. The van der Waals surface area contributed by atoms with Crippen LogP contribution in [0.2, 0.25) is 5.15 Å². The molecule has 4 nitrogen and oxygen atoms in total. The lowest BCUT2D eigenvalue weighted by Gasteiger charge is -2.07. The van der Waals surface area contributed by atoms with Gasteiger partial charge in [0, 0.05) is 17.3 Å². The summed E-state index contributed by atoms with van der Waals surface area (Å²) in [6.45, 7) is 0. The number of benzene rings is 1. The van der Waals surface area contributed by atoms with Crippen molar-refractivity contribution in [3.63, 3.8) is 0 Å². The predicted molar refractivity (Wildman–Crippen MR) is 78.9 cm³/mol. The van der Waals surface area contributed by atoms with Gasteiger partial charge < -0.3 is 5.32 Å². The second kappa shape index (κ2) is 5.46. The number of hydrogen-bond acceptors (Lipinski definition) is 3. The van der Waals surface area contributed by atoms with Gasteiger partial charge >= 0.3 is 0 Å². The Bertz CT molecular complexity index is 838. The number of fused-ring (bicyclic) bond motifs is 1. The van der Waals surface area contributed by atoms with E-state index in [0.717, 1.165) is 23.2 Å². The van der Waals surface area contributed by atoms with E-state index in [1.807, 2.05) is 6.07 Å². The average Bonchev–Trinajstić information content (AvgIpc) is 2.49. The molecular weight excluding hydrogens is 293 g/mol. The van der Waals surface area contributed by atoms with Gasteiger partial charge in [-0.3, -0.25) is 9.78 Å². The molecule has 21 heavy (non-hydrogen) atoms. The smallest absolute Gasteiger partial charge is 0.258 e. The molecule has 0 aliphatic rings. The van der Waals surface area contributed by atoms with Gasteiger partial charge in [-0.1, -0.05) is 17.7 Å². The van der Waals surface area contributed by atoms with Gasteiger partial charge in [-0.2, -0.15) is 0 Å². The summed E-state index contributed by atoms with van der Waals surface area (Å²) >= 11 is 5.80. The first-order chi connectivity index (χ1) is 10.1. The molecule has 0 aliphatic heterocycles. The van der Waals surface area contributed by atoms with E-state index in [-0.39, 0.29) is 10.7 Å². The van der Waals surface area contributed by atoms with Crippen LogP contribution in [-0.4, -0.2) is 15.9 Å². The summed E-state index contributed by atoms with van der Waals surface area (Å²) in [6.07, 6.45) is 2.65. The van der Waals surface area contributed by atoms with Crippen molar-refractivity contribution in [2.45, 2.75) is 0 Å². The monoisotopic (exact) mass is 301 g/mol. The average molecular weight is 302 g/mol. The third-order valence-electron chi connectivity index (χ3n) is 2.91. The van der Waals surface area contributed by atoms with E-state index in [9.17, 15) is 9.18 Å². The van der Waals surface area contributed by atoms with Gasteiger partial charge in [0.2, 0.25) is 0 Å². The lowest BCUT2D eigenvalue weighted by molar-refractivity contribution is 0.102. The number of nitrogens with zero attached hydrogens (tertiary/aromatic N) is 2. The summed E-state index contributed by atoms with van der Waals surface area (Å²) in [6, 6.07) is 10.0. The van der Waals surface area contributed by atoms with Crippen LogP contribution in [0.1, 0.15) is 10.4 Å². The number of carbonyl (C=O) groups is 1. The normalized spacial score (nSPS) is 10.6. The Kier molecular flexibility index (Phi) is 3.50. The Labute approximate surface area is 124 Å². The van der Waals surface area contributed by atoms with Gasteiger partial charge in [0.25, 0.3) is 5.91 Å². The van der Waals surface area contributed by atoms with Crippen molar-refractivity contribution >= 4 is 34.1 Å². The molecule has 0 atom stereocenters. The third-order valence-corrected chi connectivity index (χ3v) is 3.21. The van der Waals surface area contributed by atoms with Crippen LogP contribution in [0.3, 0.4) is 0 Å². The largest absolute Gasteiger partial charge is 0.322 e. The molecule has 0 saturated carbocycles. The molecule has 6 heteroatoms. The number of carbonyl (C=O) groups excluding carboxylic acids is 1. The van der Waals surface area contributed by atoms with Crippen LogP contribution in [-0.2, 0) is 0 Å². The van der Waals surface area contributed by atoms with Crippen LogP contribution >= 0.6 is 11.6 Å². The first-order valence-corrected chi connectivity index (χ1v) is 6.48. The second-order valence-corrected chi connectivity index (χ2v) is 4.71. The van der Waals surface area contributed by atoms with Gasteiger partial charge in [0.15, 0.2) is 0 Å². The lowest BCUT2D eigenvalue weighted by Crippen LogP contribution is -2.13. The molecule has 3 rings (SSSR count). The molecule has 3 aromatic rings. The topological polar surface area (TPSA) is 54.9 Å². The van der Waals surface area contributed by atoms with Gasteiger partial charge in [-0.25, -0.2) is 9.37 Å². The van der Waals surface area contributed by atoms with Crippen molar-refractivity contribution < 1.29 is 9.18 Å². The first-order valence-electron chi connectivity index (χ1n) is 6.11. The molecule has 0 saturated heterocycles. The third kappa shape index (κ3) is 2.83. The molecule has 0 radical (unpaired) electrons. The SMILES string of the molecule is O=C(Nc1ccc2ncccc2c1)c1cc(F)cnc1Cl. The second-order valence-electron chi connectivity index (χ2n) is 4.36. The van der Waals surface area contributed by atoms with Gasteiger partial charge in [0.1, 0.15) is 11.0 Å². The van der Waals surface area contributed by atoms with E-state index in [2.05, 4.69) is 15.3 Å². The van der Waals surface area contributed by atoms with E-state index in [1.165, 1.54) is 0 Å². The standard InChI is InChI=1S/C15H9ClFN3O/c16-14-12(7-10(17)8-19-14)15(21)20-11-3-4-13-9(6-11)2-1-5-18-13/h1-8H,(H,20,21). The Morgan fingerprint density at radius 2 is 2.05 bits per heavy atom. The fourth-order valence-corrected chi connectivity index (χ4v) is 2.12. The van der Waals surface area contributed by atoms with Crippen molar-refractivity contribution in [1.82, 2.24) is 9.97 Å². The maximum Gasteiger partial charge on any atom is 0.258 e. The number of nitrogens with one attached hydrogen (secondary N) is 1. The summed E-state index contributed by atoms with van der Waals surface area (Å²) < 4.78 is 13.1. The summed E-state index contributed by atoms with van der Waals surface area (Å²) in [7, 11) is 0. The number of amides is 1. The molecule has 2 aromatic heterocycles. The van der Waals surface area contributed by atoms with E-state index in [4.69, 9.17) is 11.6 Å². The molecule has 0 fully saturated rings. The maximum absolute atomic E-state index is 13.1.